The Hall–Kier alpha value is -0.0951. The van der Waals surface area contributed by atoms with Gasteiger partial charge in [-0.25, -0.2) is 0 Å². The minimum Gasteiger partial charge on any atom is -0.427 e. The first-order valence-electron chi connectivity index (χ1n) is 4.89. The van der Waals surface area contributed by atoms with Crippen LogP contribution >= 0.6 is 0 Å². The lowest BCUT2D eigenvalue weighted by atomic mass is 9.83. The summed E-state index contributed by atoms with van der Waals surface area (Å²) in [5, 5.41) is 25.6. The van der Waals surface area contributed by atoms with Crippen LogP contribution in [0, 0.1) is 0 Å². The van der Waals surface area contributed by atoms with Gasteiger partial charge in [-0.1, -0.05) is 12.8 Å². The van der Waals surface area contributed by atoms with E-state index in [2.05, 4.69) is 0 Å². The highest BCUT2D eigenvalue weighted by atomic mass is 16.4. The van der Waals surface area contributed by atoms with Gasteiger partial charge in [0, 0.05) is 12.6 Å². The van der Waals surface area contributed by atoms with Crippen LogP contribution in [0.15, 0.2) is 0 Å². The molecule has 13 heavy (non-hydrogen) atoms. The summed E-state index contributed by atoms with van der Waals surface area (Å²) in [6.07, 6.45) is 4.64. The molecule has 0 aromatic heterocycles. The first-order valence-corrected chi connectivity index (χ1v) is 4.89. The number of rotatable bonds is 8. The fraction of sp³-hybridized carbons (Fsp3) is 1.00. The van der Waals surface area contributed by atoms with Crippen molar-refractivity contribution in [3.05, 3.63) is 0 Å². The molecule has 0 aromatic rings. The van der Waals surface area contributed by atoms with Gasteiger partial charge in [-0.05, 0) is 25.6 Å². The van der Waals surface area contributed by atoms with E-state index in [1.54, 1.807) is 0 Å². The Morgan fingerprint density at radius 1 is 1.08 bits per heavy atom. The fourth-order valence-corrected chi connectivity index (χ4v) is 1.23. The molecule has 0 bridgehead atoms. The van der Waals surface area contributed by atoms with Crippen LogP contribution in [-0.2, 0) is 0 Å². The van der Waals surface area contributed by atoms with Crippen LogP contribution in [0.3, 0.4) is 0 Å². The smallest absolute Gasteiger partial charge is 0.427 e. The van der Waals surface area contributed by atoms with Crippen molar-refractivity contribution in [1.29, 1.82) is 0 Å². The third-order valence-electron chi connectivity index (χ3n) is 2.02. The molecule has 0 aliphatic rings. The van der Waals surface area contributed by atoms with Crippen LogP contribution in [0.2, 0.25) is 6.32 Å². The summed E-state index contributed by atoms with van der Waals surface area (Å²) in [6.45, 7) is 0.197. The summed E-state index contributed by atoms with van der Waals surface area (Å²) < 4.78 is 0. The summed E-state index contributed by atoms with van der Waals surface area (Å²) in [4.78, 5) is 0. The van der Waals surface area contributed by atoms with E-state index in [1.807, 2.05) is 0 Å². The second kappa shape index (κ2) is 8.50. The second-order valence-corrected chi connectivity index (χ2v) is 3.39. The first-order chi connectivity index (χ1) is 6.16. The molecule has 4 nitrogen and oxygen atoms in total. The molecule has 1 unspecified atom stereocenters. The third-order valence-corrected chi connectivity index (χ3v) is 2.02. The standard InChI is InChI=1S/C8H20BNO3/c10-8(5-3-7-11)4-1-2-6-9(12)13/h8,11-13H,1-7,10H2. The largest absolute Gasteiger partial charge is 0.451 e. The van der Waals surface area contributed by atoms with Crippen LogP contribution in [0.5, 0.6) is 0 Å². The molecule has 5 N–H and O–H groups in total. The van der Waals surface area contributed by atoms with E-state index in [0.29, 0.717) is 6.32 Å². The van der Waals surface area contributed by atoms with Crippen LogP contribution < -0.4 is 5.73 Å². The van der Waals surface area contributed by atoms with E-state index in [1.165, 1.54) is 0 Å². The van der Waals surface area contributed by atoms with Crippen molar-refractivity contribution in [2.24, 2.45) is 5.73 Å². The molecule has 0 heterocycles. The number of aliphatic hydroxyl groups is 1. The van der Waals surface area contributed by atoms with Gasteiger partial charge in [-0.3, -0.25) is 0 Å². The minimum atomic E-state index is -1.19. The number of hydrogen-bond donors (Lipinski definition) is 4. The summed E-state index contributed by atoms with van der Waals surface area (Å²) in [5.74, 6) is 0. The molecule has 0 aromatic carbocycles. The molecule has 78 valence electrons. The summed E-state index contributed by atoms with van der Waals surface area (Å²) in [7, 11) is -1.19. The Kier molecular flexibility index (Phi) is 8.44. The van der Waals surface area contributed by atoms with E-state index >= 15 is 0 Å². The molecule has 1 atom stereocenters. The Bertz CT molecular complexity index is 114. The van der Waals surface area contributed by atoms with Gasteiger partial charge in [-0.15, -0.1) is 0 Å². The van der Waals surface area contributed by atoms with Gasteiger partial charge in [0.1, 0.15) is 0 Å². The Labute approximate surface area is 79.9 Å². The normalized spacial score (nSPS) is 12.9. The van der Waals surface area contributed by atoms with Crippen LogP contribution in [0.25, 0.3) is 0 Å². The van der Waals surface area contributed by atoms with Crippen LogP contribution in [-0.4, -0.2) is 34.9 Å². The number of aliphatic hydroxyl groups excluding tert-OH is 1. The predicted octanol–water partition coefficient (Wildman–Crippen LogP) is -0.271. The molecular weight excluding hydrogens is 169 g/mol. The van der Waals surface area contributed by atoms with Crippen LogP contribution in [0.1, 0.15) is 32.1 Å². The predicted molar refractivity (Wildman–Crippen MR) is 53.1 cm³/mol. The molecule has 0 amide bonds. The minimum absolute atomic E-state index is 0.142. The lowest BCUT2D eigenvalue weighted by molar-refractivity contribution is 0.278. The van der Waals surface area contributed by atoms with Crippen molar-refractivity contribution in [1.82, 2.24) is 0 Å². The average Bonchev–Trinajstić information content (AvgIpc) is 2.08. The zero-order chi connectivity index (χ0) is 10.1. The number of nitrogens with two attached hydrogens (primary N) is 1. The third kappa shape index (κ3) is 9.82. The summed E-state index contributed by atoms with van der Waals surface area (Å²) >= 11 is 0. The topological polar surface area (TPSA) is 86.7 Å². The van der Waals surface area contributed by atoms with E-state index in [4.69, 9.17) is 20.9 Å². The van der Waals surface area contributed by atoms with Crippen molar-refractivity contribution in [3.8, 4) is 0 Å². The molecular formula is C8H20BNO3. The van der Waals surface area contributed by atoms with E-state index in [0.717, 1.165) is 32.1 Å². The Balaban J connectivity index is 3.12. The maximum Gasteiger partial charge on any atom is 0.451 e. The molecule has 0 aliphatic carbocycles. The van der Waals surface area contributed by atoms with Crippen molar-refractivity contribution in [3.63, 3.8) is 0 Å². The molecule has 0 saturated carbocycles. The highest BCUT2D eigenvalue weighted by Crippen LogP contribution is 2.07. The highest BCUT2D eigenvalue weighted by molar-refractivity contribution is 6.40. The number of hydrogen-bond acceptors (Lipinski definition) is 4. The molecule has 0 aliphatic heterocycles. The number of unbranched alkanes of at least 4 members (excludes halogenated alkanes) is 1. The lowest BCUT2D eigenvalue weighted by Crippen LogP contribution is -2.20. The Morgan fingerprint density at radius 2 is 1.69 bits per heavy atom. The molecule has 0 spiro atoms. The highest BCUT2D eigenvalue weighted by Gasteiger charge is 2.06. The molecule has 0 saturated heterocycles. The quantitative estimate of drug-likeness (QED) is 0.312. The molecule has 0 radical (unpaired) electrons. The fourth-order valence-electron chi connectivity index (χ4n) is 1.23. The Morgan fingerprint density at radius 3 is 2.23 bits per heavy atom. The maximum atomic E-state index is 8.55. The van der Waals surface area contributed by atoms with Gasteiger partial charge in [-0.2, -0.15) is 0 Å². The van der Waals surface area contributed by atoms with Crippen molar-refractivity contribution in [2.75, 3.05) is 6.61 Å². The second-order valence-electron chi connectivity index (χ2n) is 3.39. The molecule has 0 rings (SSSR count). The lowest BCUT2D eigenvalue weighted by Gasteiger charge is -2.09. The zero-order valence-electron chi connectivity index (χ0n) is 8.02. The van der Waals surface area contributed by atoms with Gasteiger partial charge in [0.2, 0.25) is 0 Å². The average molecular weight is 189 g/mol. The summed E-state index contributed by atoms with van der Waals surface area (Å²) in [5.41, 5.74) is 5.74. The summed E-state index contributed by atoms with van der Waals surface area (Å²) in [6, 6.07) is 0.142. The van der Waals surface area contributed by atoms with Gasteiger partial charge in [0.05, 0.1) is 0 Å². The maximum absolute atomic E-state index is 8.55. The van der Waals surface area contributed by atoms with Crippen LogP contribution in [0.4, 0.5) is 0 Å². The van der Waals surface area contributed by atoms with Gasteiger partial charge >= 0.3 is 7.12 Å². The van der Waals surface area contributed by atoms with Crippen molar-refractivity contribution in [2.45, 2.75) is 44.5 Å². The van der Waals surface area contributed by atoms with E-state index in [9.17, 15) is 0 Å². The monoisotopic (exact) mass is 189 g/mol. The van der Waals surface area contributed by atoms with Gasteiger partial charge < -0.3 is 20.9 Å². The zero-order valence-corrected chi connectivity index (χ0v) is 8.02. The van der Waals surface area contributed by atoms with E-state index < -0.39 is 7.12 Å². The van der Waals surface area contributed by atoms with Gasteiger partial charge in [0.15, 0.2) is 0 Å². The molecule has 0 fully saturated rings. The molecule has 5 heteroatoms. The first kappa shape index (κ1) is 12.9. The van der Waals surface area contributed by atoms with Gasteiger partial charge in [0.25, 0.3) is 0 Å². The van der Waals surface area contributed by atoms with Crippen molar-refractivity contribution < 1.29 is 15.2 Å². The SMILES string of the molecule is NC(CCCO)CCCCB(O)O. The van der Waals surface area contributed by atoms with E-state index in [-0.39, 0.29) is 12.6 Å². The van der Waals surface area contributed by atoms with Crippen molar-refractivity contribution >= 4 is 7.12 Å².